The second-order valence-electron chi connectivity index (χ2n) is 6.30. The molecule has 1 aliphatic heterocycles. The van der Waals surface area contributed by atoms with E-state index in [4.69, 9.17) is 4.74 Å². The third-order valence-electron chi connectivity index (χ3n) is 4.37. The van der Waals surface area contributed by atoms with Gasteiger partial charge in [0.1, 0.15) is 6.10 Å². The minimum Gasteiger partial charge on any atom is -0.370 e. The molecule has 2 aromatic carbocycles. The summed E-state index contributed by atoms with van der Waals surface area (Å²) in [5, 5.41) is 0. The fourth-order valence-corrected chi connectivity index (χ4v) is 3.77. The van der Waals surface area contributed by atoms with Crippen molar-refractivity contribution in [1.82, 2.24) is 4.90 Å². The molecule has 1 fully saturated rings. The second-order valence-corrected chi connectivity index (χ2v) is 7.28. The van der Waals surface area contributed by atoms with Crippen LogP contribution in [0.25, 0.3) is 0 Å². The molecule has 1 heterocycles. The quantitative estimate of drug-likeness (QED) is 0.745. The normalized spacial score (nSPS) is 17.7. The number of carbonyl (C=O) groups is 1. The fraction of sp³-hybridized carbons (Fsp3) is 0.350. The third-order valence-corrected chi connectivity index (χ3v) is 5.35. The zero-order valence-electron chi connectivity index (χ0n) is 14.6. The Balaban J connectivity index is 1.53. The Morgan fingerprint density at radius 3 is 2.48 bits per heavy atom. The number of carbonyl (C=O) groups excluding carboxylic acids is 1. The molecule has 0 aliphatic carbocycles. The van der Waals surface area contributed by atoms with Gasteiger partial charge in [-0.25, -0.2) is 0 Å². The second kappa shape index (κ2) is 8.80. The maximum absolute atomic E-state index is 12.7. The lowest BCUT2D eigenvalue weighted by Gasteiger charge is -2.33. The van der Waals surface area contributed by atoms with Crippen LogP contribution in [0.1, 0.15) is 22.8 Å². The highest BCUT2D eigenvalue weighted by atomic mass is 32.2. The van der Waals surface area contributed by atoms with Gasteiger partial charge in [-0.3, -0.25) is 4.79 Å². The zero-order valence-corrected chi connectivity index (χ0v) is 15.4. The molecule has 1 aliphatic rings. The van der Waals surface area contributed by atoms with Crippen LogP contribution in [0.3, 0.4) is 0 Å². The maximum atomic E-state index is 12.7. The summed E-state index contributed by atoms with van der Waals surface area (Å²) in [5.41, 5.74) is 1.13. The average Bonchev–Trinajstić information content (AvgIpc) is 2.68. The van der Waals surface area contributed by atoms with Crippen LogP contribution in [0.5, 0.6) is 0 Å². The van der Waals surface area contributed by atoms with Crippen molar-refractivity contribution >= 4 is 17.7 Å². The number of thioether (sulfide) groups is 1. The van der Waals surface area contributed by atoms with E-state index in [0.29, 0.717) is 31.0 Å². The molecule has 7 heteroatoms. The highest BCUT2D eigenvalue weighted by Crippen LogP contribution is 2.31. The number of hydrogen-bond donors (Lipinski definition) is 0. The standard InChI is InChI=1S/C20H20F3NO2S/c21-20(22,23)17-8-6-16(7-9-17)18-12-24(10-11-26-18)19(25)14-27-13-15-4-2-1-3-5-15/h1-9,18H,10-14H2. The summed E-state index contributed by atoms with van der Waals surface area (Å²) in [7, 11) is 0. The largest absolute Gasteiger partial charge is 0.416 e. The van der Waals surface area contributed by atoms with Gasteiger partial charge in [0.2, 0.25) is 5.91 Å². The fourth-order valence-electron chi connectivity index (χ4n) is 2.89. The van der Waals surface area contributed by atoms with Gasteiger partial charge in [0.05, 0.1) is 24.5 Å². The Morgan fingerprint density at radius 2 is 1.81 bits per heavy atom. The van der Waals surface area contributed by atoms with Crippen LogP contribution in [-0.4, -0.2) is 36.3 Å². The summed E-state index contributed by atoms with van der Waals surface area (Å²) in [6, 6.07) is 14.9. The van der Waals surface area contributed by atoms with Gasteiger partial charge in [-0.15, -0.1) is 11.8 Å². The van der Waals surface area contributed by atoms with Crippen molar-refractivity contribution in [2.45, 2.75) is 18.0 Å². The van der Waals surface area contributed by atoms with E-state index >= 15 is 0 Å². The highest BCUT2D eigenvalue weighted by Gasteiger charge is 2.31. The first-order valence-corrected chi connectivity index (χ1v) is 9.77. The average molecular weight is 395 g/mol. The lowest BCUT2D eigenvalue weighted by Crippen LogP contribution is -2.43. The molecule has 0 radical (unpaired) electrons. The zero-order chi connectivity index (χ0) is 19.3. The number of hydrogen-bond acceptors (Lipinski definition) is 3. The Kier molecular flexibility index (Phi) is 6.44. The number of morpholine rings is 1. The summed E-state index contributed by atoms with van der Waals surface area (Å²) >= 11 is 1.55. The van der Waals surface area contributed by atoms with Crippen LogP contribution in [0.4, 0.5) is 13.2 Å². The topological polar surface area (TPSA) is 29.5 Å². The van der Waals surface area contributed by atoms with Gasteiger partial charge >= 0.3 is 6.18 Å². The minimum atomic E-state index is -4.36. The van der Waals surface area contributed by atoms with Crippen LogP contribution < -0.4 is 0 Å². The monoisotopic (exact) mass is 395 g/mol. The number of nitrogens with zero attached hydrogens (tertiary/aromatic N) is 1. The molecule has 1 atom stereocenters. The number of halogens is 3. The molecule has 1 unspecified atom stereocenters. The predicted octanol–water partition coefficient (Wildman–Crippen LogP) is 4.54. The molecule has 144 valence electrons. The molecule has 0 bridgehead atoms. The van der Waals surface area contributed by atoms with E-state index in [2.05, 4.69) is 0 Å². The van der Waals surface area contributed by atoms with Gasteiger partial charge in [-0.2, -0.15) is 13.2 Å². The Morgan fingerprint density at radius 1 is 1.11 bits per heavy atom. The molecule has 1 saturated heterocycles. The van der Waals surface area contributed by atoms with Crippen LogP contribution in [0.15, 0.2) is 54.6 Å². The highest BCUT2D eigenvalue weighted by molar-refractivity contribution is 7.99. The van der Waals surface area contributed by atoms with Gasteiger partial charge in [0.25, 0.3) is 0 Å². The first-order valence-electron chi connectivity index (χ1n) is 8.61. The van der Waals surface area contributed by atoms with E-state index in [-0.39, 0.29) is 5.91 Å². The molecule has 0 spiro atoms. The third kappa shape index (κ3) is 5.49. The number of amides is 1. The van der Waals surface area contributed by atoms with Gasteiger partial charge in [-0.1, -0.05) is 42.5 Å². The van der Waals surface area contributed by atoms with Crippen molar-refractivity contribution in [3.63, 3.8) is 0 Å². The minimum absolute atomic E-state index is 0.0242. The van der Waals surface area contributed by atoms with Crippen molar-refractivity contribution in [2.75, 3.05) is 25.4 Å². The van der Waals surface area contributed by atoms with E-state index in [1.54, 1.807) is 16.7 Å². The first kappa shape index (κ1) is 19.8. The van der Waals surface area contributed by atoms with Crippen molar-refractivity contribution in [2.24, 2.45) is 0 Å². The smallest absolute Gasteiger partial charge is 0.370 e. The summed E-state index contributed by atoms with van der Waals surface area (Å²) in [6.07, 6.45) is -4.76. The summed E-state index contributed by atoms with van der Waals surface area (Å²) in [5.74, 6) is 1.16. The lowest BCUT2D eigenvalue weighted by molar-refractivity contribution is -0.137. The maximum Gasteiger partial charge on any atom is 0.416 e. The lowest BCUT2D eigenvalue weighted by atomic mass is 10.1. The molecule has 0 N–H and O–H groups in total. The number of rotatable bonds is 5. The van der Waals surface area contributed by atoms with E-state index in [1.807, 2.05) is 30.3 Å². The number of alkyl halides is 3. The molecule has 27 heavy (non-hydrogen) atoms. The van der Waals surface area contributed by atoms with Crippen LogP contribution in [0.2, 0.25) is 0 Å². The van der Waals surface area contributed by atoms with E-state index in [0.717, 1.165) is 17.9 Å². The SMILES string of the molecule is O=C(CSCc1ccccc1)N1CCOC(c2ccc(C(F)(F)F)cc2)C1. The van der Waals surface area contributed by atoms with E-state index in [9.17, 15) is 18.0 Å². The molecule has 2 aromatic rings. The van der Waals surface area contributed by atoms with Crippen molar-refractivity contribution in [3.05, 3.63) is 71.3 Å². The van der Waals surface area contributed by atoms with Crippen LogP contribution in [0, 0.1) is 0 Å². The van der Waals surface area contributed by atoms with E-state index in [1.165, 1.54) is 17.7 Å². The molecule has 3 rings (SSSR count). The van der Waals surface area contributed by atoms with Crippen molar-refractivity contribution in [1.29, 1.82) is 0 Å². The van der Waals surface area contributed by atoms with Gasteiger partial charge in [0.15, 0.2) is 0 Å². The van der Waals surface area contributed by atoms with Crippen LogP contribution in [-0.2, 0) is 21.5 Å². The number of benzene rings is 2. The summed E-state index contributed by atoms with van der Waals surface area (Å²) in [6.45, 7) is 1.23. The molecular formula is C20H20F3NO2S. The number of ether oxygens (including phenoxy) is 1. The molecule has 1 amide bonds. The summed E-state index contributed by atoms with van der Waals surface area (Å²) < 4.78 is 43.7. The van der Waals surface area contributed by atoms with Crippen molar-refractivity contribution in [3.8, 4) is 0 Å². The Bertz CT molecular complexity index is 750. The van der Waals surface area contributed by atoms with Gasteiger partial charge in [0, 0.05) is 12.3 Å². The van der Waals surface area contributed by atoms with Gasteiger partial charge < -0.3 is 9.64 Å². The van der Waals surface area contributed by atoms with Crippen molar-refractivity contribution < 1.29 is 22.7 Å². The molecule has 3 nitrogen and oxygen atoms in total. The Labute approximate surface area is 160 Å². The summed E-state index contributed by atoms with van der Waals surface area (Å²) in [4.78, 5) is 14.2. The van der Waals surface area contributed by atoms with Gasteiger partial charge in [-0.05, 0) is 23.3 Å². The molecular weight excluding hydrogens is 375 g/mol. The molecule has 0 saturated carbocycles. The Hall–Kier alpha value is -1.99. The predicted molar refractivity (Wildman–Crippen MR) is 99.3 cm³/mol. The van der Waals surface area contributed by atoms with Crippen LogP contribution >= 0.6 is 11.8 Å². The van der Waals surface area contributed by atoms with E-state index < -0.39 is 17.8 Å². The first-order chi connectivity index (χ1) is 12.9. The molecule has 0 aromatic heterocycles.